The van der Waals surface area contributed by atoms with E-state index in [0.29, 0.717) is 11.1 Å². The summed E-state index contributed by atoms with van der Waals surface area (Å²) in [7, 11) is 0. The van der Waals surface area contributed by atoms with Gasteiger partial charge in [-0.3, -0.25) is 0 Å². The Morgan fingerprint density at radius 3 is 1.93 bits per heavy atom. The van der Waals surface area contributed by atoms with Gasteiger partial charge < -0.3 is 15.3 Å². The van der Waals surface area contributed by atoms with Gasteiger partial charge in [0.1, 0.15) is 17.1 Å². The maximum Gasteiger partial charge on any atom is 0.339 e. The van der Waals surface area contributed by atoms with Crippen molar-refractivity contribution in [1.82, 2.24) is 0 Å². The van der Waals surface area contributed by atoms with Crippen LogP contribution in [0.25, 0.3) is 0 Å². The number of phenolic OH excluding ortho intramolecular Hbond substituents is 1. The molecule has 0 saturated carbocycles. The standard InChI is InChI=1S/C9H10O4.C2H6/c1-4-5(2)8(9(12)13)7(11)3-6(4)10;1-2/h3,10-11H,1-2H3,(H,12,13);1-2H3. The monoisotopic (exact) mass is 212 g/mol. The van der Waals surface area contributed by atoms with E-state index in [-0.39, 0.29) is 11.3 Å². The number of hydrogen-bond acceptors (Lipinski definition) is 3. The third-order valence-corrected chi connectivity index (χ3v) is 2.07. The molecule has 0 aliphatic carbocycles. The molecule has 1 aromatic carbocycles. The summed E-state index contributed by atoms with van der Waals surface area (Å²) >= 11 is 0. The lowest BCUT2D eigenvalue weighted by Crippen LogP contribution is -2.01. The zero-order valence-electron chi connectivity index (χ0n) is 9.33. The molecule has 0 atom stereocenters. The minimum Gasteiger partial charge on any atom is -0.508 e. The molecule has 84 valence electrons. The fourth-order valence-electron chi connectivity index (χ4n) is 1.15. The van der Waals surface area contributed by atoms with Gasteiger partial charge in [0, 0.05) is 6.07 Å². The van der Waals surface area contributed by atoms with Crippen molar-refractivity contribution in [2.24, 2.45) is 0 Å². The summed E-state index contributed by atoms with van der Waals surface area (Å²) in [5, 5.41) is 27.2. The normalized spacial score (nSPS) is 9.07. The molecule has 0 heterocycles. The lowest BCUT2D eigenvalue weighted by atomic mass is 10.0. The molecule has 3 N–H and O–H groups in total. The molecule has 1 rings (SSSR count). The van der Waals surface area contributed by atoms with E-state index in [1.165, 1.54) is 6.92 Å². The average molecular weight is 212 g/mol. The van der Waals surface area contributed by atoms with Crippen LogP contribution in [0.15, 0.2) is 6.07 Å². The van der Waals surface area contributed by atoms with Gasteiger partial charge in [0.05, 0.1) is 0 Å². The van der Waals surface area contributed by atoms with Gasteiger partial charge in [0.2, 0.25) is 0 Å². The maximum atomic E-state index is 10.7. The number of carboxylic acid groups (broad SMARTS) is 1. The van der Waals surface area contributed by atoms with E-state index in [4.69, 9.17) is 5.11 Å². The number of aromatic hydroxyl groups is 2. The first-order valence-corrected chi connectivity index (χ1v) is 4.70. The summed E-state index contributed by atoms with van der Waals surface area (Å²) in [6, 6.07) is 1.03. The van der Waals surface area contributed by atoms with Crippen LogP contribution >= 0.6 is 0 Å². The number of hydrogen-bond donors (Lipinski definition) is 3. The largest absolute Gasteiger partial charge is 0.508 e. The molecular formula is C11H16O4. The summed E-state index contributed by atoms with van der Waals surface area (Å²) in [5.74, 6) is -1.70. The molecule has 0 fully saturated rings. The average Bonchev–Trinajstić information content (AvgIpc) is 2.17. The molecule has 4 nitrogen and oxygen atoms in total. The smallest absolute Gasteiger partial charge is 0.339 e. The van der Waals surface area contributed by atoms with Gasteiger partial charge >= 0.3 is 5.97 Å². The Balaban J connectivity index is 0.000000921. The van der Waals surface area contributed by atoms with E-state index in [2.05, 4.69) is 0 Å². The molecule has 0 saturated heterocycles. The second kappa shape index (κ2) is 5.24. The van der Waals surface area contributed by atoms with Crippen LogP contribution in [0.4, 0.5) is 0 Å². The van der Waals surface area contributed by atoms with Gasteiger partial charge in [-0.25, -0.2) is 4.79 Å². The Hall–Kier alpha value is -1.71. The van der Waals surface area contributed by atoms with Gasteiger partial charge in [-0.2, -0.15) is 0 Å². The van der Waals surface area contributed by atoms with Crippen LogP contribution in [0.3, 0.4) is 0 Å². The maximum absolute atomic E-state index is 10.7. The van der Waals surface area contributed by atoms with Gasteiger partial charge in [-0.05, 0) is 25.0 Å². The van der Waals surface area contributed by atoms with Crippen LogP contribution in [0.1, 0.15) is 35.3 Å². The molecule has 1 aromatic rings. The highest BCUT2D eigenvalue weighted by Gasteiger charge is 2.16. The minimum absolute atomic E-state index is 0.0972. The lowest BCUT2D eigenvalue weighted by Gasteiger charge is -2.08. The number of benzene rings is 1. The molecule has 0 aliphatic rings. The van der Waals surface area contributed by atoms with Crippen molar-refractivity contribution in [2.75, 3.05) is 0 Å². The predicted molar refractivity (Wildman–Crippen MR) is 57.6 cm³/mol. The van der Waals surface area contributed by atoms with Crippen molar-refractivity contribution in [2.45, 2.75) is 27.7 Å². The van der Waals surface area contributed by atoms with Gasteiger partial charge in [0.15, 0.2) is 0 Å². The lowest BCUT2D eigenvalue weighted by molar-refractivity contribution is 0.0693. The minimum atomic E-state index is -1.20. The van der Waals surface area contributed by atoms with E-state index in [9.17, 15) is 15.0 Å². The Labute approximate surface area is 88.8 Å². The summed E-state index contributed by atoms with van der Waals surface area (Å²) < 4.78 is 0. The van der Waals surface area contributed by atoms with Crippen molar-refractivity contribution in [3.63, 3.8) is 0 Å². The molecule has 0 aliphatic heterocycles. The number of phenols is 2. The van der Waals surface area contributed by atoms with Crippen LogP contribution in [0, 0.1) is 13.8 Å². The first kappa shape index (κ1) is 13.3. The molecule has 4 heteroatoms. The Kier molecular flexibility index (Phi) is 4.64. The molecule has 0 unspecified atom stereocenters. The van der Waals surface area contributed by atoms with Crippen LogP contribution in [-0.2, 0) is 0 Å². The molecule has 0 radical (unpaired) electrons. The summed E-state index contributed by atoms with van der Waals surface area (Å²) in [4.78, 5) is 10.7. The number of rotatable bonds is 1. The highest BCUT2D eigenvalue weighted by Crippen LogP contribution is 2.30. The zero-order valence-corrected chi connectivity index (χ0v) is 9.33. The number of aromatic carboxylic acids is 1. The second-order valence-corrected chi connectivity index (χ2v) is 2.84. The quantitative estimate of drug-likeness (QED) is 0.668. The van der Waals surface area contributed by atoms with E-state index in [0.717, 1.165) is 6.07 Å². The first-order valence-electron chi connectivity index (χ1n) is 4.70. The van der Waals surface area contributed by atoms with Crippen molar-refractivity contribution < 1.29 is 20.1 Å². The predicted octanol–water partition coefficient (Wildman–Crippen LogP) is 2.44. The third kappa shape index (κ3) is 2.62. The second-order valence-electron chi connectivity index (χ2n) is 2.84. The SMILES string of the molecule is CC.Cc1c(O)cc(O)c(C(=O)O)c1C. The Morgan fingerprint density at radius 1 is 1.07 bits per heavy atom. The zero-order chi connectivity index (χ0) is 12.2. The van der Waals surface area contributed by atoms with Crippen LogP contribution in [-0.4, -0.2) is 21.3 Å². The van der Waals surface area contributed by atoms with E-state index in [1.807, 2.05) is 13.8 Å². The van der Waals surface area contributed by atoms with Gasteiger partial charge in [0.25, 0.3) is 0 Å². The van der Waals surface area contributed by atoms with E-state index >= 15 is 0 Å². The van der Waals surface area contributed by atoms with Gasteiger partial charge in [-0.1, -0.05) is 13.8 Å². The van der Waals surface area contributed by atoms with Crippen molar-refractivity contribution in [3.8, 4) is 11.5 Å². The van der Waals surface area contributed by atoms with Crippen molar-refractivity contribution >= 4 is 5.97 Å². The molecule has 0 amide bonds. The summed E-state index contributed by atoms with van der Waals surface area (Å²) in [5.41, 5.74) is 0.690. The third-order valence-electron chi connectivity index (χ3n) is 2.07. The van der Waals surface area contributed by atoms with Crippen LogP contribution in [0.2, 0.25) is 0 Å². The fraction of sp³-hybridized carbons (Fsp3) is 0.364. The summed E-state index contributed by atoms with van der Waals surface area (Å²) in [6.07, 6.45) is 0. The van der Waals surface area contributed by atoms with E-state index in [1.54, 1.807) is 6.92 Å². The topological polar surface area (TPSA) is 77.8 Å². The highest BCUT2D eigenvalue weighted by molar-refractivity contribution is 5.93. The fourth-order valence-corrected chi connectivity index (χ4v) is 1.15. The molecular weight excluding hydrogens is 196 g/mol. The number of carbonyl (C=O) groups is 1. The van der Waals surface area contributed by atoms with Crippen molar-refractivity contribution in [3.05, 3.63) is 22.8 Å². The van der Waals surface area contributed by atoms with Crippen LogP contribution in [0.5, 0.6) is 11.5 Å². The van der Waals surface area contributed by atoms with Gasteiger partial charge in [-0.15, -0.1) is 0 Å². The van der Waals surface area contributed by atoms with Crippen molar-refractivity contribution in [1.29, 1.82) is 0 Å². The summed E-state index contributed by atoms with van der Waals surface area (Å²) in [6.45, 7) is 7.13. The van der Waals surface area contributed by atoms with Crippen LogP contribution < -0.4 is 0 Å². The highest BCUT2D eigenvalue weighted by atomic mass is 16.4. The van der Waals surface area contributed by atoms with E-state index < -0.39 is 11.7 Å². The molecule has 0 spiro atoms. The number of carboxylic acids is 1. The molecule has 0 aromatic heterocycles. The Bertz CT molecular complexity index is 369. The molecule has 0 bridgehead atoms. The first-order chi connectivity index (χ1) is 6.95. The molecule has 15 heavy (non-hydrogen) atoms. The Morgan fingerprint density at radius 2 is 1.53 bits per heavy atom.